The Bertz CT molecular complexity index is 963. The molecule has 28 heavy (non-hydrogen) atoms. The normalized spacial score (nSPS) is 16.3. The third-order valence-corrected chi connectivity index (χ3v) is 4.33. The number of fused-ring (bicyclic) bond motifs is 1. The highest BCUT2D eigenvalue weighted by Crippen LogP contribution is 2.41. The van der Waals surface area contributed by atoms with E-state index in [1.165, 1.54) is 12.1 Å². The molecule has 0 saturated carbocycles. The fourth-order valence-corrected chi connectivity index (χ4v) is 2.99. The number of carboxylic acid groups (broad SMARTS) is 1. The second-order valence-corrected chi connectivity index (χ2v) is 6.38. The maximum absolute atomic E-state index is 13.1. The van der Waals surface area contributed by atoms with Crippen LogP contribution in [0.15, 0.2) is 42.0 Å². The van der Waals surface area contributed by atoms with Gasteiger partial charge in [0.05, 0.1) is 17.7 Å². The number of carbonyl (C=O) groups is 1. The summed E-state index contributed by atoms with van der Waals surface area (Å²) in [6.45, 7) is 0. The minimum Gasteiger partial charge on any atom is -0.497 e. The quantitative estimate of drug-likeness (QED) is 0.694. The number of aliphatic carboxylic acids is 1. The third-order valence-electron chi connectivity index (χ3n) is 4.05. The minimum absolute atomic E-state index is 0.0400. The SMILES string of the molecule is COc1ccc(C=Cc2cc(Cl)c3c(c2)C=C(C(=O)O)C(C(F)(F)F)O3)cc1. The van der Waals surface area contributed by atoms with Crippen LogP contribution in [0.5, 0.6) is 11.5 Å². The van der Waals surface area contributed by atoms with E-state index >= 15 is 0 Å². The molecule has 0 radical (unpaired) electrons. The van der Waals surface area contributed by atoms with Gasteiger partial charge in [-0.3, -0.25) is 0 Å². The van der Waals surface area contributed by atoms with Gasteiger partial charge in [0.15, 0.2) is 0 Å². The molecule has 0 aliphatic carbocycles. The van der Waals surface area contributed by atoms with Gasteiger partial charge < -0.3 is 14.6 Å². The molecule has 8 heteroatoms. The third kappa shape index (κ3) is 4.14. The van der Waals surface area contributed by atoms with E-state index < -0.39 is 23.8 Å². The van der Waals surface area contributed by atoms with Crippen molar-refractivity contribution in [3.8, 4) is 11.5 Å². The average Bonchev–Trinajstić information content (AvgIpc) is 2.65. The molecule has 0 spiro atoms. The summed E-state index contributed by atoms with van der Waals surface area (Å²) in [5.41, 5.74) is 0.714. The largest absolute Gasteiger partial charge is 0.497 e. The zero-order chi connectivity index (χ0) is 20.5. The first kappa shape index (κ1) is 19.8. The Morgan fingerprint density at radius 2 is 1.82 bits per heavy atom. The molecule has 0 saturated heterocycles. The first-order valence-electron chi connectivity index (χ1n) is 8.03. The molecule has 0 amide bonds. The molecular weight excluding hydrogens is 397 g/mol. The van der Waals surface area contributed by atoms with Crippen LogP contribution in [0.1, 0.15) is 16.7 Å². The Morgan fingerprint density at radius 1 is 1.18 bits per heavy atom. The molecule has 4 nitrogen and oxygen atoms in total. The van der Waals surface area contributed by atoms with Gasteiger partial charge in [0, 0.05) is 5.56 Å². The van der Waals surface area contributed by atoms with Gasteiger partial charge in [-0.1, -0.05) is 35.9 Å². The highest BCUT2D eigenvalue weighted by Gasteiger charge is 2.48. The lowest BCUT2D eigenvalue weighted by Gasteiger charge is -2.27. The number of carboxylic acids is 1. The van der Waals surface area contributed by atoms with E-state index in [9.17, 15) is 18.0 Å². The van der Waals surface area contributed by atoms with Crippen molar-refractivity contribution < 1.29 is 32.5 Å². The summed E-state index contributed by atoms with van der Waals surface area (Å²) in [4.78, 5) is 11.2. The summed E-state index contributed by atoms with van der Waals surface area (Å²) in [7, 11) is 1.56. The minimum atomic E-state index is -4.88. The molecule has 0 aromatic heterocycles. The van der Waals surface area contributed by atoms with Gasteiger partial charge in [-0.25, -0.2) is 4.79 Å². The summed E-state index contributed by atoms with van der Waals surface area (Å²) in [5, 5.41) is 9.09. The van der Waals surface area contributed by atoms with Crippen molar-refractivity contribution >= 4 is 35.8 Å². The second-order valence-electron chi connectivity index (χ2n) is 5.97. The molecule has 146 valence electrons. The number of hydrogen-bond donors (Lipinski definition) is 1. The molecule has 1 aliphatic rings. The number of ether oxygens (including phenoxy) is 2. The lowest BCUT2D eigenvalue weighted by molar-refractivity contribution is -0.187. The maximum atomic E-state index is 13.1. The Hall–Kier alpha value is -2.93. The second kappa shape index (κ2) is 7.59. The van der Waals surface area contributed by atoms with Crippen molar-refractivity contribution in [2.75, 3.05) is 7.11 Å². The van der Waals surface area contributed by atoms with Crippen LogP contribution in [-0.2, 0) is 4.79 Å². The standard InChI is InChI=1S/C20H14ClF3O4/c1-27-14-6-4-11(5-7-14)2-3-12-8-13-10-15(19(25)26)18(20(22,23)24)28-17(13)16(21)9-12/h2-10,18H,1H3,(H,25,26). The molecule has 2 aromatic carbocycles. The number of hydrogen-bond acceptors (Lipinski definition) is 3. The zero-order valence-electron chi connectivity index (χ0n) is 14.5. The molecule has 2 aromatic rings. The van der Waals surface area contributed by atoms with Crippen molar-refractivity contribution in [2.24, 2.45) is 0 Å². The fourth-order valence-electron chi connectivity index (χ4n) is 2.71. The van der Waals surface area contributed by atoms with Gasteiger partial charge in [0.25, 0.3) is 0 Å². The van der Waals surface area contributed by atoms with Gasteiger partial charge >= 0.3 is 12.1 Å². The van der Waals surface area contributed by atoms with Crippen molar-refractivity contribution in [1.82, 2.24) is 0 Å². The summed E-state index contributed by atoms with van der Waals surface area (Å²) in [5.74, 6) is -1.20. The van der Waals surface area contributed by atoms with Crippen LogP contribution >= 0.6 is 11.6 Å². The molecule has 1 unspecified atom stereocenters. The van der Waals surface area contributed by atoms with E-state index in [4.69, 9.17) is 26.2 Å². The zero-order valence-corrected chi connectivity index (χ0v) is 15.2. The van der Waals surface area contributed by atoms with Crippen LogP contribution in [0, 0.1) is 0 Å². The number of rotatable bonds is 4. The van der Waals surface area contributed by atoms with Gasteiger partial charge in [0.2, 0.25) is 6.10 Å². The van der Waals surface area contributed by atoms with Crippen LogP contribution in [0.3, 0.4) is 0 Å². The molecule has 3 rings (SSSR count). The monoisotopic (exact) mass is 410 g/mol. The highest BCUT2D eigenvalue weighted by molar-refractivity contribution is 6.32. The van der Waals surface area contributed by atoms with E-state index in [2.05, 4.69) is 0 Å². The lowest BCUT2D eigenvalue weighted by Crippen LogP contribution is -2.40. The fraction of sp³-hybridized carbons (Fsp3) is 0.150. The maximum Gasteiger partial charge on any atom is 0.430 e. The summed E-state index contributed by atoms with van der Waals surface area (Å²) in [6.07, 6.45) is -3.02. The molecule has 1 aliphatic heterocycles. The van der Waals surface area contributed by atoms with Crippen LogP contribution < -0.4 is 9.47 Å². The molecule has 1 atom stereocenters. The average molecular weight is 411 g/mol. The van der Waals surface area contributed by atoms with E-state index in [0.29, 0.717) is 11.3 Å². The van der Waals surface area contributed by atoms with Crippen LogP contribution in [0.25, 0.3) is 18.2 Å². The molecular formula is C20H14ClF3O4. The van der Waals surface area contributed by atoms with E-state index in [-0.39, 0.29) is 16.3 Å². The molecule has 1 N–H and O–H groups in total. The molecule has 1 heterocycles. The van der Waals surface area contributed by atoms with E-state index in [1.54, 1.807) is 31.4 Å². The summed E-state index contributed by atoms with van der Waals surface area (Å²) >= 11 is 6.09. The first-order chi connectivity index (χ1) is 13.2. The molecule has 0 bridgehead atoms. The number of alkyl halides is 3. The number of methoxy groups -OCH3 is 1. The number of benzene rings is 2. The summed E-state index contributed by atoms with van der Waals surface area (Å²) in [6, 6.07) is 10.2. The van der Waals surface area contributed by atoms with Gasteiger partial charge in [-0.15, -0.1) is 0 Å². The van der Waals surface area contributed by atoms with Crippen molar-refractivity contribution in [1.29, 1.82) is 0 Å². The van der Waals surface area contributed by atoms with Crippen molar-refractivity contribution in [3.05, 3.63) is 63.7 Å². The smallest absolute Gasteiger partial charge is 0.430 e. The Balaban J connectivity index is 1.96. The molecule has 0 fully saturated rings. The van der Waals surface area contributed by atoms with E-state index in [0.717, 1.165) is 11.6 Å². The highest BCUT2D eigenvalue weighted by atomic mass is 35.5. The lowest BCUT2D eigenvalue weighted by atomic mass is 9.99. The van der Waals surface area contributed by atoms with Gasteiger partial charge in [0.1, 0.15) is 11.5 Å². The van der Waals surface area contributed by atoms with Gasteiger partial charge in [-0.2, -0.15) is 13.2 Å². The van der Waals surface area contributed by atoms with Crippen LogP contribution in [0.2, 0.25) is 5.02 Å². The summed E-state index contributed by atoms with van der Waals surface area (Å²) < 4.78 is 49.4. The van der Waals surface area contributed by atoms with Crippen LogP contribution in [-0.4, -0.2) is 30.5 Å². The first-order valence-corrected chi connectivity index (χ1v) is 8.41. The predicted octanol–water partition coefficient (Wildman–Crippen LogP) is 5.31. The Morgan fingerprint density at radius 3 is 2.39 bits per heavy atom. The predicted molar refractivity (Wildman–Crippen MR) is 99.5 cm³/mol. The number of halogens is 4. The van der Waals surface area contributed by atoms with Crippen molar-refractivity contribution in [2.45, 2.75) is 12.3 Å². The topological polar surface area (TPSA) is 55.8 Å². The Kier molecular flexibility index (Phi) is 5.38. The Labute approximate surface area is 163 Å². The van der Waals surface area contributed by atoms with E-state index in [1.807, 2.05) is 12.1 Å². The van der Waals surface area contributed by atoms with Crippen molar-refractivity contribution in [3.63, 3.8) is 0 Å². The van der Waals surface area contributed by atoms with Crippen LogP contribution in [0.4, 0.5) is 13.2 Å². The van der Waals surface area contributed by atoms with Gasteiger partial charge in [-0.05, 0) is 41.5 Å².